The number of carboxylic acids is 1. The maximum Gasteiger partial charge on any atom is 0.337 e. The van der Waals surface area contributed by atoms with Crippen molar-refractivity contribution in [2.75, 3.05) is 11.9 Å². The highest BCUT2D eigenvalue weighted by Gasteiger charge is 2.22. The first-order valence-electron chi connectivity index (χ1n) is 8.07. The topological polar surface area (TPSA) is 62.2 Å². The molecule has 0 saturated heterocycles. The van der Waals surface area contributed by atoms with Crippen LogP contribution in [0.3, 0.4) is 0 Å². The summed E-state index contributed by atoms with van der Waals surface area (Å²) in [5, 5.41) is 12.6. The average molecular weight is 310 g/mol. The van der Waals surface area contributed by atoms with Gasteiger partial charge in [0.15, 0.2) is 0 Å². The van der Waals surface area contributed by atoms with Crippen molar-refractivity contribution in [2.24, 2.45) is 0 Å². The van der Waals surface area contributed by atoms with Crippen LogP contribution in [0.5, 0.6) is 0 Å². The van der Waals surface area contributed by atoms with Gasteiger partial charge >= 0.3 is 5.97 Å². The molecule has 1 aliphatic rings. The Hall–Kier alpha value is -2.36. The fourth-order valence-corrected chi connectivity index (χ4v) is 3.58. The Morgan fingerprint density at radius 1 is 1.39 bits per heavy atom. The van der Waals surface area contributed by atoms with Crippen LogP contribution in [0.2, 0.25) is 0 Å². The van der Waals surface area contributed by atoms with Gasteiger partial charge in [-0.05, 0) is 55.9 Å². The third-order valence-electron chi connectivity index (χ3n) is 4.66. The number of carbonyl (C=O) groups is 1. The van der Waals surface area contributed by atoms with Crippen molar-refractivity contribution >= 4 is 11.7 Å². The van der Waals surface area contributed by atoms with Gasteiger partial charge in [0.05, 0.1) is 17.4 Å². The predicted molar refractivity (Wildman–Crippen MR) is 91.3 cm³/mol. The van der Waals surface area contributed by atoms with Crippen LogP contribution in [0.1, 0.15) is 51.4 Å². The van der Waals surface area contributed by atoms with Gasteiger partial charge in [0.25, 0.3) is 0 Å². The van der Waals surface area contributed by atoms with Gasteiger partial charge in [0, 0.05) is 18.7 Å². The summed E-state index contributed by atoms with van der Waals surface area (Å²) >= 11 is 0. The lowest BCUT2D eigenvalue weighted by molar-refractivity contribution is 0.0698. The molecule has 23 heavy (non-hydrogen) atoms. The van der Waals surface area contributed by atoms with Crippen LogP contribution in [0.15, 0.2) is 30.6 Å². The number of pyridine rings is 1. The maximum absolute atomic E-state index is 11.3. The van der Waals surface area contributed by atoms with Gasteiger partial charge in [0.2, 0.25) is 0 Å². The Balaban J connectivity index is 1.82. The molecule has 1 aromatic heterocycles. The van der Waals surface area contributed by atoms with Crippen LogP contribution in [0, 0.1) is 13.8 Å². The number of aryl methyl sites for hydroxylation is 2. The second-order valence-corrected chi connectivity index (χ2v) is 6.35. The van der Waals surface area contributed by atoms with Crippen molar-refractivity contribution in [2.45, 2.75) is 39.0 Å². The Labute approximate surface area is 136 Å². The molecular weight excluding hydrogens is 288 g/mol. The molecule has 3 rings (SSSR count). The lowest BCUT2D eigenvalue weighted by atomic mass is 9.80. The molecule has 4 nitrogen and oxygen atoms in total. The van der Waals surface area contributed by atoms with Gasteiger partial charge in [-0.1, -0.05) is 17.7 Å². The molecule has 0 bridgehead atoms. The van der Waals surface area contributed by atoms with E-state index in [0.29, 0.717) is 11.6 Å². The smallest absolute Gasteiger partial charge is 0.337 e. The number of nitrogens with one attached hydrogen (secondary N) is 1. The molecule has 2 aromatic rings. The summed E-state index contributed by atoms with van der Waals surface area (Å²) in [5.74, 6) is -0.509. The van der Waals surface area contributed by atoms with Gasteiger partial charge in [-0.25, -0.2) is 4.79 Å². The Bertz CT molecular complexity index is 740. The summed E-state index contributed by atoms with van der Waals surface area (Å²) in [4.78, 5) is 15.3. The molecule has 0 amide bonds. The van der Waals surface area contributed by atoms with E-state index < -0.39 is 5.97 Å². The Morgan fingerprint density at radius 3 is 3.00 bits per heavy atom. The van der Waals surface area contributed by atoms with Crippen molar-refractivity contribution in [3.05, 3.63) is 58.4 Å². The van der Waals surface area contributed by atoms with E-state index in [9.17, 15) is 9.90 Å². The highest BCUT2D eigenvalue weighted by molar-refractivity contribution is 5.93. The molecule has 4 heteroatoms. The standard InChI is InChI=1S/C19H22N2O2/c1-12-8-13(2)15-5-3-4-14(17(15)9-12)10-21-18-11-20-7-6-16(18)19(22)23/h6-9,11,14,21H,3-5,10H2,1-2H3,(H,22,23). The SMILES string of the molecule is Cc1cc(C)c2c(c1)C(CNc1cnccc1C(=O)O)CCC2. The molecule has 120 valence electrons. The van der Waals surface area contributed by atoms with E-state index in [1.54, 1.807) is 6.20 Å². The van der Waals surface area contributed by atoms with Crippen molar-refractivity contribution in [3.8, 4) is 0 Å². The van der Waals surface area contributed by atoms with Gasteiger partial charge in [-0.15, -0.1) is 0 Å². The third kappa shape index (κ3) is 3.21. The second-order valence-electron chi connectivity index (χ2n) is 6.35. The molecule has 1 unspecified atom stereocenters. The van der Waals surface area contributed by atoms with Crippen molar-refractivity contribution in [1.29, 1.82) is 0 Å². The largest absolute Gasteiger partial charge is 0.478 e. The molecule has 0 fully saturated rings. The molecule has 1 aliphatic carbocycles. The minimum absolute atomic E-state index is 0.274. The third-order valence-corrected chi connectivity index (χ3v) is 4.66. The quantitative estimate of drug-likeness (QED) is 0.898. The fraction of sp³-hybridized carbons (Fsp3) is 0.368. The monoisotopic (exact) mass is 310 g/mol. The number of aromatic carboxylic acids is 1. The summed E-state index contributed by atoms with van der Waals surface area (Å²) in [6.07, 6.45) is 6.56. The summed E-state index contributed by atoms with van der Waals surface area (Å²) in [5.41, 5.74) is 6.42. The minimum Gasteiger partial charge on any atom is -0.478 e. The number of hydrogen-bond acceptors (Lipinski definition) is 3. The number of carboxylic acid groups (broad SMARTS) is 1. The number of nitrogens with zero attached hydrogens (tertiary/aromatic N) is 1. The predicted octanol–water partition coefficient (Wildman–Crippen LogP) is 3.93. The first-order valence-corrected chi connectivity index (χ1v) is 8.07. The molecule has 0 spiro atoms. The molecule has 1 aromatic carbocycles. The van der Waals surface area contributed by atoms with Gasteiger partial charge < -0.3 is 10.4 Å². The van der Waals surface area contributed by atoms with Crippen molar-refractivity contribution < 1.29 is 9.90 Å². The van der Waals surface area contributed by atoms with E-state index in [2.05, 4.69) is 36.3 Å². The number of hydrogen-bond donors (Lipinski definition) is 2. The zero-order valence-corrected chi connectivity index (χ0v) is 13.6. The summed E-state index contributed by atoms with van der Waals surface area (Å²) in [6, 6.07) is 6.07. The van der Waals surface area contributed by atoms with E-state index in [1.165, 1.54) is 40.9 Å². The van der Waals surface area contributed by atoms with Crippen LogP contribution in [0.4, 0.5) is 5.69 Å². The van der Waals surface area contributed by atoms with Crippen LogP contribution in [-0.2, 0) is 6.42 Å². The lowest BCUT2D eigenvalue weighted by Crippen LogP contribution is -2.20. The number of aromatic nitrogens is 1. The Kier molecular flexibility index (Phi) is 4.33. The van der Waals surface area contributed by atoms with E-state index in [0.717, 1.165) is 19.4 Å². The summed E-state index contributed by atoms with van der Waals surface area (Å²) in [6.45, 7) is 5.06. The van der Waals surface area contributed by atoms with Crippen LogP contribution < -0.4 is 5.32 Å². The summed E-state index contributed by atoms with van der Waals surface area (Å²) in [7, 11) is 0. The molecule has 1 atom stereocenters. The van der Waals surface area contributed by atoms with Gasteiger partial charge in [-0.2, -0.15) is 0 Å². The fourth-order valence-electron chi connectivity index (χ4n) is 3.58. The van der Waals surface area contributed by atoms with E-state index >= 15 is 0 Å². The highest BCUT2D eigenvalue weighted by atomic mass is 16.4. The van der Waals surface area contributed by atoms with E-state index in [1.807, 2.05) is 0 Å². The van der Waals surface area contributed by atoms with E-state index in [-0.39, 0.29) is 5.56 Å². The number of anilines is 1. The zero-order chi connectivity index (χ0) is 16.4. The number of fused-ring (bicyclic) bond motifs is 1. The van der Waals surface area contributed by atoms with Crippen LogP contribution in [-0.4, -0.2) is 22.6 Å². The first-order chi connectivity index (χ1) is 11.1. The summed E-state index contributed by atoms with van der Waals surface area (Å²) < 4.78 is 0. The van der Waals surface area contributed by atoms with Crippen LogP contribution >= 0.6 is 0 Å². The molecular formula is C19H22N2O2. The molecule has 0 radical (unpaired) electrons. The number of benzene rings is 1. The highest BCUT2D eigenvalue weighted by Crippen LogP contribution is 2.34. The average Bonchev–Trinajstić information content (AvgIpc) is 2.53. The van der Waals surface area contributed by atoms with Crippen molar-refractivity contribution in [1.82, 2.24) is 4.98 Å². The second kappa shape index (κ2) is 6.41. The normalized spacial score (nSPS) is 16.7. The first kappa shape index (κ1) is 15.5. The minimum atomic E-state index is -0.925. The lowest BCUT2D eigenvalue weighted by Gasteiger charge is -2.28. The van der Waals surface area contributed by atoms with E-state index in [4.69, 9.17) is 0 Å². The van der Waals surface area contributed by atoms with Gasteiger partial charge in [-0.3, -0.25) is 4.98 Å². The maximum atomic E-state index is 11.3. The van der Waals surface area contributed by atoms with Gasteiger partial charge in [0.1, 0.15) is 0 Å². The Morgan fingerprint density at radius 2 is 2.22 bits per heavy atom. The number of rotatable bonds is 4. The molecule has 0 aliphatic heterocycles. The molecule has 2 N–H and O–H groups in total. The zero-order valence-electron chi connectivity index (χ0n) is 13.6. The molecule has 0 saturated carbocycles. The van der Waals surface area contributed by atoms with Crippen LogP contribution in [0.25, 0.3) is 0 Å². The van der Waals surface area contributed by atoms with Crippen molar-refractivity contribution in [3.63, 3.8) is 0 Å². The molecule has 1 heterocycles.